The van der Waals surface area contributed by atoms with Crippen molar-refractivity contribution in [3.05, 3.63) is 0 Å². The van der Waals surface area contributed by atoms with Gasteiger partial charge in [0, 0.05) is 11.5 Å². The summed E-state index contributed by atoms with van der Waals surface area (Å²) in [6.07, 6.45) is 17.9. The van der Waals surface area contributed by atoms with Crippen LogP contribution in [0.15, 0.2) is 0 Å². The Labute approximate surface area is 222 Å². The maximum Gasteiger partial charge on any atom is 0.304 e. The maximum atomic E-state index is 13.0. The average molecular weight is 511 g/mol. The number of carboxylic acids is 1. The summed E-state index contributed by atoms with van der Waals surface area (Å²) in [6.45, 7) is 13.7. The fraction of sp³-hybridized carbons (Fsp3) is 0.900. The number of aliphatic carboxylic acids is 1. The molecule has 0 saturated carbocycles. The Kier molecular flexibility index (Phi) is 17.8. The molecule has 6 nitrogen and oxygen atoms in total. The van der Waals surface area contributed by atoms with Gasteiger partial charge in [-0.3, -0.25) is 14.4 Å². The van der Waals surface area contributed by atoms with Crippen LogP contribution in [0.1, 0.15) is 151 Å². The second-order valence-corrected chi connectivity index (χ2v) is 12.7. The molecule has 2 amide bonds. The molecule has 36 heavy (non-hydrogen) atoms. The van der Waals surface area contributed by atoms with Crippen molar-refractivity contribution in [3.63, 3.8) is 0 Å². The van der Waals surface area contributed by atoms with E-state index in [9.17, 15) is 19.5 Å². The predicted octanol–water partition coefficient (Wildman–Crippen LogP) is 7.39. The summed E-state index contributed by atoms with van der Waals surface area (Å²) in [6, 6.07) is -0.725. The summed E-state index contributed by atoms with van der Waals surface area (Å²) in [5.41, 5.74) is -0.909. The smallest absolute Gasteiger partial charge is 0.304 e. The Balaban J connectivity index is 4.38. The van der Waals surface area contributed by atoms with Gasteiger partial charge in [-0.25, -0.2) is 0 Å². The predicted molar refractivity (Wildman–Crippen MR) is 150 cm³/mol. The van der Waals surface area contributed by atoms with Gasteiger partial charge in [-0.2, -0.15) is 0 Å². The molecule has 6 heteroatoms. The minimum atomic E-state index is -0.980. The van der Waals surface area contributed by atoms with E-state index >= 15 is 0 Å². The lowest BCUT2D eigenvalue weighted by Crippen LogP contribution is -2.58. The van der Waals surface area contributed by atoms with Gasteiger partial charge in [0.2, 0.25) is 11.8 Å². The number of carbonyl (C=O) groups excluding carboxylic acids is 2. The molecular weight excluding hydrogens is 452 g/mol. The first-order valence-corrected chi connectivity index (χ1v) is 14.6. The van der Waals surface area contributed by atoms with Crippen molar-refractivity contribution in [3.8, 4) is 0 Å². The molecule has 0 rings (SSSR count). The van der Waals surface area contributed by atoms with Crippen LogP contribution in [0, 0.1) is 11.3 Å². The number of nitrogens with one attached hydrogen (secondary N) is 2. The van der Waals surface area contributed by atoms with Crippen LogP contribution in [0.2, 0.25) is 0 Å². The third-order valence-corrected chi connectivity index (χ3v) is 6.61. The first-order chi connectivity index (χ1) is 16.8. The zero-order valence-corrected chi connectivity index (χ0v) is 24.6. The Hall–Kier alpha value is -1.59. The monoisotopic (exact) mass is 510 g/mol. The summed E-state index contributed by atoms with van der Waals surface area (Å²) in [4.78, 5) is 37.3. The van der Waals surface area contributed by atoms with E-state index in [0.717, 1.165) is 19.3 Å². The molecule has 0 fully saturated rings. The molecule has 3 N–H and O–H groups in total. The molecule has 0 bridgehead atoms. The molecule has 0 heterocycles. The molecule has 0 spiro atoms. The van der Waals surface area contributed by atoms with Crippen LogP contribution < -0.4 is 10.6 Å². The van der Waals surface area contributed by atoms with Crippen LogP contribution in [-0.4, -0.2) is 34.5 Å². The minimum absolute atomic E-state index is 0.206. The second kappa shape index (κ2) is 18.6. The van der Waals surface area contributed by atoms with Crippen molar-refractivity contribution in [2.75, 3.05) is 0 Å². The third kappa shape index (κ3) is 18.6. The minimum Gasteiger partial charge on any atom is -0.481 e. The molecule has 0 aliphatic heterocycles. The van der Waals surface area contributed by atoms with Gasteiger partial charge in [0.25, 0.3) is 0 Å². The normalized spacial score (nSPS) is 13.8. The fourth-order valence-corrected chi connectivity index (χ4v) is 4.50. The summed E-state index contributed by atoms with van der Waals surface area (Å²) < 4.78 is 0. The van der Waals surface area contributed by atoms with Gasteiger partial charge >= 0.3 is 5.97 Å². The van der Waals surface area contributed by atoms with Crippen molar-refractivity contribution >= 4 is 17.8 Å². The summed E-state index contributed by atoms with van der Waals surface area (Å²) in [7, 11) is 0. The molecular formula is C30H58N2O4. The van der Waals surface area contributed by atoms with E-state index in [2.05, 4.69) is 17.6 Å². The molecule has 0 aromatic heterocycles. The highest BCUT2D eigenvalue weighted by molar-refractivity contribution is 5.90. The highest BCUT2D eigenvalue weighted by Crippen LogP contribution is 2.23. The largest absolute Gasteiger partial charge is 0.481 e. The Morgan fingerprint density at radius 3 is 1.44 bits per heavy atom. The topological polar surface area (TPSA) is 95.5 Å². The number of carbonyl (C=O) groups is 3. The lowest BCUT2D eigenvalue weighted by Gasteiger charge is -2.34. The van der Waals surface area contributed by atoms with Crippen LogP contribution in [0.25, 0.3) is 0 Å². The lowest BCUT2D eigenvalue weighted by atomic mass is 9.84. The molecule has 0 aromatic carbocycles. The van der Waals surface area contributed by atoms with Gasteiger partial charge in [0.05, 0.1) is 6.42 Å². The number of unbranched alkanes of at least 4 members (excludes halogenated alkanes) is 13. The molecule has 0 aromatic rings. The molecule has 1 unspecified atom stereocenters. The Morgan fingerprint density at radius 2 is 1.08 bits per heavy atom. The highest BCUT2D eigenvalue weighted by atomic mass is 16.4. The van der Waals surface area contributed by atoms with Crippen molar-refractivity contribution in [1.29, 1.82) is 0 Å². The maximum absolute atomic E-state index is 13.0. The molecule has 0 aliphatic rings. The quantitative estimate of drug-likeness (QED) is 0.149. The molecule has 0 radical (unpaired) electrons. The van der Waals surface area contributed by atoms with Crippen molar-refractivity contribution < 1.29 is 19.5 Å². The van der Waals surface area contributed by atoms with Crippen LogP contribution in [0.5, 0.6) is 0 Å². The number of hydrogen-bond acceptors (Lipinski definition) is 3. The number of amides is 2. The standard InChI is InChI=1S/C30H58N2O4/c1-8-9-10-11-12-13-14-15-16-17-18-19-20-21-22-24(23-25(33)34)27(35)31-26(29(2,3)4)28(36)32-30(5,6)7/h24,26H,8-23H2,1-7H3,(H,31,35)(H,32,36)(H,33,34)/t24?,26-/m1/s1. The lowest BCUT2D eigenvalue weighted by molar-refractivity contribution is -0.142. The second-order valence-electron chi connectivity index (χ2n) is 12.7. The summed E-state index contributed by atoms with van der Waals surface area (Å²) in [5.74, 6) is -2.18. The molecule has 212 valence electrons. The van der Waals surface area contributed by atoms with E-state index in [1.54, 1.807) is 0 Å². The van der Waals surface area contributed by atoms with Gasteiger partial charge in [-0.05, 0) is 32.6 Å². The van der Waals surface area contributed by atoms with Crippen molar-refractivity contribution in [2.24, 2.45) is 11.3 Å². The van der Waals surface area contributed by atoms with Crippen molar-refractivity contribution in [1.82, 2.24) is 10.6 Å². The van der Waals surface area contributed by atoms with E-state index in [1.165, 1.54) is 70.6 Å². The zero-order valence-electron chi connectivity index (χ0n) is 24.6. The van der Waals surface area contributed by atoms with Gasteiger partial charge in [0.1, 0.15) is 6.04 Å². The first kappa shape index (κ1) is 34.4. The Bertz CT molecular complexity index is 619. The summed E-state index contributed by atoms with van der Waals surface area (Å²) in [5, 5.41) is 15.2. The van der Waals surface area contributed by atoms with E-state index in [4.69, 9.17) is 0 Å². The molecule has 2 atom stereocenters. The van der Waals surface area contributed by atoms with Crippen molar-refractivity contribution in [2.45, 2.75) is 163 Å². The van der Waals surface area contributed by atoms with Gasteiger partial charge < -0.3 is 15.7 Å². The highest BCUT2D eigenvalue weighted by Gasteiger charge is 2.36. The average Bonchev–Trinajstić information content (AvgIpc) is 2.74. The molecule has 0 saturated heterocycles. The number of carboxylic acid groups (broad SMARTS) is 1. The Morgan fingerprint density at radius 1 is 0.667 bits per heavy atom. The molecule has 0 aliphatic carbocycles. The van der Waals surface area contributed by atoms with Gasteiger partial charge in [-0.1, -0.05) is 118 Å². The number of rotatable bonds is 20. The van der Waals surface area contributed by atoms with E-state index in [0.29, 0.717) is 6.42 Å². The van der Waals surface area contributed by atoms with Gasteiger partial charge in [-0.15, -0.1) is 0 Å². The van der Waals surface area contributed by atoms with E-state index < -0.39 is 28.9 Å². The van der Waals surface area contributed by atoms with Crippen LogP contribution >= 0.6 is 0 Å². The zero-order chi connectivity index (χ0) is 27.6. The van der Waals surface area contributed by atoms with Gasteiger partial charge in [0.15, 0.2) is 0 Å². The van der Waals surface area contributed by atoms with Crippen LogP contribution in [0.3, 0.4) is 0 Å². The first-order valence-electron chi connectivity index (χ1n) is 14.6. The summed E-state index contributed by atoms with van der Waals surface area (Å²) >= 11 is 0. The third-order valence-electron chi connectivity index (χ3n) is 6.61. The fourth-order valence-electron chi connectivity index (χ4n) is 4.50. The van der Waals surface area contributed by atoms with E-state index in [1.807, 2.05) is 41.5 Å². The van der Waals surface area contributed by atoms with Crippen LogP contribution in [-0.2, 0) is 14.4 Å². The number of hydrogen-bond donors (Lipinski definition) is 3. The SMILES string of the molecule is CCCCCCCCCCCCCCCCC(CC(=O)O)C(=O)N[C@H](C(=O)NC(C)(C)C)C(C)(C)C. The van der Waals surface area contributed by atoms with E-state index in [-0.39, 0.29) is 18.2 Å². The van der Waals surface area contributed by atoms with Crippen LogP contribution in [0.4, 0.5) is 0 Å².